The van der Waals surface area contributed by atoms with E-state index in [4.69, 9.17) is 7.48 Å². The number of nitrogens with zero attached hydrogens (tertiary/aromatic N) is 3. The Labute approximate surface area is 126 Å². The quantitative estimate of drug-likeness (QED) is 0.807. The van der Waals surface area contributed by atoms with Gasteiger partial charge in [0.05, 0.1) is 2.74 Å². The van der Waals surface area contributed by atoms with Gasteiger partial charge >= 0.3 is 0 Å². The Bertz CT molecular complexity index is 792. The van der Waals surface area contributed by atoms with Gasteiger partial charge in [-0.15, -0.1) is 0 Å². The highest BCUT2D eigenvalue weighted by molar-refractivity contribution is 5.76. The lowest BCUT2D eigenvalue weighted by atomic mass is 9.76. The van der Waals surface area contributed by atoms with Gasteiger partial charge in [0.15, 0.2) is 5.90 Å². The van der Waals surface area contributed by atoms with Gasteiger partial charge in [0, 0.05) is 31.3 Å². The average molecular weight is 281 g/mol. The zero-order chi connectivity index (χ0) is 16.1. The standard InChI is InChI=1S/C17H17N3O/c1-12-20-17(10-21-12)6-5-13-3-2-4-15(16(13)7-17)14-8-18-11-19-9-14/h2-4,8-9,11H,5-7,10H2,1H3/t17-/m1/s1/i10D2. The van der Waals surface area contributed by atoms with Crippen LogP contribution in [0.1, 0.15) is 27.2 Å². The van der Waals surface area contributed by atoms with E-state index in [9.17, 15) is 0 Å². The number of ether oxygens (including phenoxy) is 1. The molecule has 21 heavy (non-hydrogen) atoms. The predicted molar refractivity (Wildman–Crippen MR) is 81.3 cm³/mol. The summed E-state index contributed by atoms with van der Waals surface area (Å²) in [6.45, 7) is -0.0475. The molecule has 0 N–H and O–H groups in total. The molecule has 4 heteroatoms. The predicted octanol–water partition coefficient (Wildman–Crippen LogP) is 2.82. The topological polar surface area (TPSA) is 47.4 Å². The Kier molecular flexibility index (Phi) is 2.32. The maximum absolute atomic E-state index is 8.28. The van der Waals surface area contributed by atoms with E-state index in [0.29, 0.717) is 18.7 Å². The summed E-state index contributed by atoms with van der Waals surface area (Å²) in [7, 11) is 0. The molecule has 2 heterocycles. The van der Waals surface area contributed by atoms with Crippen LogP contribution in [0.5, 0.6) is 0 Å². The molecular weight excluding hydrogens is 262 g/mol. The molecule has 0 saturated heterocycles. The van der Waals surface area contributed by atoms with Crippen LogP contribution in [0.25, 0.3) is 11.1 Å². The molecule has 0 unspecified atom stereocenters. The van der Waals surface area contributed by atoms with Crippen molar-refractivity contribution in [3.05, 3.63) is 48.0 Å². The smallest absolute Gasteiger partial charge is 0.180 e. The largest absolute Gasteiger partial charge is 0.479 e. The molecule has 0 radical (unpaired) electrons. The zero-order valence-electron chi connectivity index (χ0n) is 13.8. The summed E-state index contributed by atoms with van der Waals surface area (Å²) in [5.74, 6) is 0.430. The Balaban J connectivity index is 1.84. The first-order valence-corrected chi connectivity index (χ1v) is 7.12. The molecule has 106 valence electrons. The number of hydrogen-bond donors (Lipinski definition) is 0. The normalized spacial score (nSPS) is 27.4. The lowest BCUT2D eigenvalue weighted by Gasteiger charge is -2.32. The van der Waals surface area contributed by atoms with E-state index in [1.165, 1.54) is 11.9 Å². The Hall–Kier alpha value is -2.23. The van der Waals surface area contributed by atoms with Gasteiger partial charge in [0.1, 0.15) is 18.4 Å². The van der Waals surface area contributed by atoms with Gasteiger partial charge in [0.25, 0.3) is 0 Å². The van der Waals surface area contributed by atoms with E-state index in [0.717, 1.165) is 23.1 Å². The van der Waals surface area contributed by atoms with Crippen molar-refractivity contribution in [2.24, 2.45) is 4.99 Å². The molecule has 0 fully saturated rings. The van der Waals surface area contributed by atoms with Gasteiger partial charge in [0.2, 0.25) is 0 Å². The number of hydrogen-bond acceptors (Lipinski definition) is 4. The lowest BCUT2D eigenvalue weighted by molar-refractivity contribution is 0.236. The zero-order valence-corrected chi connectivity index (χ0v) is 11.8. The van der Waals surface area contributed by atoms with Crippen LogP contribution in [0.3, 0.4) is 0 Å². The number of aryl methyl sites for hydroxylation is 1. The summed E-state index contributed by atoms with van der Waals surface area (Å²) >= 11 is 0. The highest BCUT2D eigenvalue weighted by Crippen LogP contribution is 2.39. The van der Waals surface area contributed by atoms with Gasteiger partial charge in [-0.2, -0.15) is 0 Å². The summed E-state index contributed by atoms with van der Waals surface area (Å²) in [6.07, 6.45) is 7.06. The second-order valence-corrected chi connectivity index (χ2v) is 5.61. The van der Waals surface area contributed by atoms with Gasteiger partial charge in [-0.1, -0.05) is 18.2 Å². The summed E-state index contributed by atoms with van der Waals surface area (Å²) in [6, 6.07) is 6.18. The third kappa shape index (κ3) is 2.11. The minimum atomic E-state index is -1.77. The minimum Gasteiger partial charge on any atom is -0.479 e. The molecule has 2 aromatic rings. The summed E-state index contributed by atoms with van der Waals surface area (Å²) in [4.78, 5) is 12.8. The molecule has 1 aromatic heterocycles. The fourth-order valence-corrected chi connectivity index (χ4v) is 3.21. The fourth-order valence-electron chi connectivity index (χ4n) is 3.21. The minimum absolute atomic E-state index is 0.430. The third-order valence-corrected chi connectivity index (χ3v) is 4.18. The van der Waals surface area contributed by atoms with Gasteiger partial charge in [-0.3, -0.25) is 0 Å². The number of aromatic nitrogens is 2. The van der Waals surface area contributed by atoms with Crippen LogP contribution in [-0.4, -0.2) is 28.0 Å². The van der Waals surface area contributed by atoms with E-state index in [-0.39, 0.29) is 0 Å². The molecule has 0 bridgehead atoms. The van der Waals surface area contributed by atoms with E-state index in [1.807, 2.05) is 12.1 Å². The van der Waals surface area contributed by atoms with Gasteiger partial charge in [-0.25, -0.2) is 15.0 Å². The van der Waals surface area contributed by atoms with Gasteiger partial charge in [-0.05, 0) is 29.5 Å². The highest BCUT2D eigenvalue weighted by Gasteiger charge is 2.39. The molecule has 0 amide bonds. The first-order valence-electron chi connectivity index (χ1n) is 8.12. The van der Waals surface area contributed by atoms with E-state index in [2.05, 4.69) is 21.0 Å². The van der Waals surface area contributed by atoms with Crippen LogP contribution in [0.4, 0.5) is 0 Å². The van der Waals surface area contributed by atoms with Crippen LogP contribution in [0.2, 0.25) is 0 Å². The van der Waals surface area contributed by atoms with Crippen LogP contribution in [0.15, 0.2) is 41.9 Å². The molecular formula is C17H17N3O. The fraction of sp³-hybridized carbons (Fsp3) is 0.353. The molecule has 1 aliphatic heterocycles. The number of aliphatic imine (C=N–C) groups is 1. The van der Waals surface area contributed by atoms with E-state index in [1.54, 1.807) is 19.3 Å². The molecule has 1 aromatic carbocycles. The first kappa shape index (κ1) is 10.5. The van der Waals surface area contributed by atoms with Crippen molar-refractivity contribution in [1.29, 1.82) is 0 Å². The molecule has 0 saturated carbocycles. The average Bonchev–Trinajstić information content (AvgIpc) is 2.75. The molecule has 2 aliphatic rings. The van der Waals surface area contributed by atoms with Crippen LogP contribution < -0.4 is 0 Å². The summed E-state index contributed by atoms with van der Waals surface area (Å²) < 4.78 is 21.9. The summed E-state index contributed by atoms with van der Waals surface area (Å²) in [5, 5.41) is 0. The van der Waals surface area contributed by atoms with Crippen LogP contribution in [0, 0.1) is 0 Å². The van der Waals surface area contributed by atoms with Crippen LogP contribution >= 0.6 is 0 Å². The van der Waals surface area contributed by atoms with Crippen molar-refractivity contribution in [3.63, 3.8) is 0 Å². The molecule has 1 aliphatic carbocycles. The second kappa shape index (κ2) is 4.65. The maximum Gasteiger partial charge on any atom is 0.180 e. The SMILES string of the molecule is [2H]C1([2H])OC(C)=N[C@@]12CCc1cccc(-c3cncnc3)c1C2. The Morgan fingerprint density at radius 2 is 2.14 bits per heavy atom. The molecule has 4 rings (SSSR count). The summed E-state index contributed by atoms with van der Waals surface area (Å²) in [5.41, 5.74) is 3.53. The van der Waals surface area contributed by atoms with E-state index < -0.39 is 12.1 Å². The Morgan fingerprint density at radius 3 is 2.90 bits per heavy atom. The van der Waals surface area contributed by atoms with Gasteiger partial charge < -0.3 is 4.74 Å². The highest BCUT2D eigenvalue weighted by atomic mass is 16.5. The Morgan fingerprint density at radius 1 is 1.29 bits per heavy atom. The number of benzene rings is 1. The van der Waals surface area contributed by atoms with Crippen molar-refractivity contribution in [2.75, 3.05) is 6.56 Å². The number of fused-ring (bicyclic) bond motifs is 1. The van der Waals surface area contributed by atoms with E-state index >= 15 is 0 Å². The molecule has 4 nitrogen and oxygen atoms in total. The second-order valence-electron chi connectivity index (χ2n) is 5.61. The lowest BCUT2D eigenvalue weighted by Crippen LogP contribution is -2.35. The monoisotopic (exact) mass is 281 g/mol. The third-order valence-electron chi connectivity index (χ3n) is 4.18. The van der Waals surface area contributed by atoms with Crippen molar-refractivity contribution < 1.29 is 7.48 Å². The van der Waals surface area contributed by atoms with Crippen molar-refractivity contribution >= 4 is 5.90 Å². The molecule has 1 spiro atoms. The number of rotatable bonds is 1. The van der Waals surface area contributed by atoms with Crippen LogP contribution in [-0.2, 0) is 17.6 Å². The maximum atomic E-state index is 8.28. The van der Waals surface area contributed by atoms with Crippen molar-refractivity contribution in [3.8, 4) is 11.1 Å². The molecule has 1 atom stereocenters. The van der Waals surface area contributed by atoms with Crippen molar-refractivity contribution in [2.45, 2.75) is 31.7 Å². The van der Waals surface area contributed by atoms with Crippen molar-refractivity contribution in [1.82, 2.24) is 9.97 Å². The first-order chi connectivity index (χ1) is 11.0.